The molecular weight excluding hydrogens is 122 g/mol. The van der Waals surface area contributed by atoms with Crippen LogP contribution in [0.2, 0.25) is 0 Å². The summed E-state index contributed by atoms with van der Waals surface area (Å²) in [6.07, 6.45) is -0.167. The SMILES string of the molecule is CC(=O)[O-].CC(C)O.[NH4+]. The summed E-state index contributed by atoms with van der Waals surface area (Å²) < 4.78 is 0. The van der Waals surface area contributed by atoms with E-state index in [0.717, 1.165) is 6.92 Å². The van der Waals surface area contributed by atoms with E-state index < -0.39 is 5.97 Å². The number of aliphatic carboxylic acids is 1. The van der Waals surface area contributed by atoms with Gasteiger partial charge in [0.15, 0.2) is 0 Å². The Bertz CT molecular complexity index is 56.5. The van der Waals surface area contributed by atoms with Gasteiger partial charge in [0, 0.05) is 12.1 Å². The Kier molecular flexibility index (Phi) is 18.2. The van der Waals surface area contributed by atoms with Crippen LogP contribution in [0, 0.1) is 0 Å². The Morgan fingerprint density at radius 1 is 1.56 bits per heavy atom. The largest absolute Gasteiger partial charge is 0.550 e. The molecule has 0 rings (SSSR count). The summed E-state index contributed by atoms with van der Waals surface area (Å²) in [5.74, 6) is -1.08. The number of carbonyl (C=O) groups is 1. The molecule has 0 aliphatic rings. The minimum atomic E-state index is -1.08. The number of aliphatic hydroxyl groups is 1. The van der Waals surface area contributed by atoms with Gasteiger partial charge >= 0.3 is 0 Å². The monoisotopic (exact) mass is 137 g/mol. The van der Waals surface area contributed by atoms with Crippen molar-refractivity contribution >= 4 is 5.97 Å². The molecule has 0 saturated heterocycles. The second-order valence-electron chi connectivity index (χ2n) is 1.59. The van der Waals surface area contributed by atoms with Gasteiger partial charge in [-0.15, -0.1) is 0 Å². The summed E-state index contributed by atoms with van der Waals surface area (Å²) in [5.41, 5.74) is 0. The Labute approximate surface area is 55.1 Å². The van der Waals surface area contributed by atoms with Crippen LogP contribution in [-0.2, 0) is 4.79 Å². The third kappa shape index (κ3) is 577. The Morgan fingerprint density at radius 3 is 1.56 bits per heavy atom. The first kappa shape index (κ1) is 15.8. The van der Waals surface area contributed by atoms with Crippen LogP contribution in [0.4, 0.5) is 0 Å². The predicted octanol–water partition coefficient (Wildman–Crippen LogP) is -0.480. The minimum absolute atomic E-state index is 0. The summed E-state index contributed by atoms with van der Waals surface area (Å²) in [6.45, 7) is 4.42. The molecule has 0 bridgehead atoms. The van der Waals surface area contributed by atoms with Gasteiger partial charge in [-0.25, -0.2) is 0 Å². The number of carboxylic acids is 1. The summed E-state index contributed by atoms with van der Waals surface area (Å²) in [4.78, 5) is 8.89. The quantitative estimate of drug-likeness (QED) is 0.471. The molecule has 0 atom stereocenters. The van der Waals surface area contributed by atoms with E-state index in [0.29, 0.717) is 0 Å². The van der Waals surface area contributed by atoms with Gasteiger partial charge in [-0.1, -0.05) is 0 Å². The van der Waals surface area contributed by atoms with Crippen LogP contribution in [0.1, 0.15) is 20.8 Å². The van der Waals surface area contributed by atoms with E-state index in [9.17, 15) is 0 Å². The lowest BCUT2D eigenvalue weighted by molar-refractivity contribution is -0.302. The van der Waals surface area contributed by atoms with E-state index in [1.807, 2.05) is 0 Å². The van der Waals surface area contributed by atoms with Crippen molar-refractivity contribution in [1.82, 2.24) is 6.15 Å². The molecule has 0 aromatic heterocycles. The zero-order valence-electron chi connectivity index (χ0n) is 6.34. The zero-order chi connectivity index (χ0) is 7.15. The molecule has 0 aliphatic heterocycles. The van der Waals surface area contributed by atoms with Gasteiger partial charge in [0.05, 0.1) is 0 Å². The van der Waals surface area contributed by atoms with Crippen LogP contribution >= 0.6 is 0 Å². The van der Waals surface area contributed by atoms with Gasteiger partial charge in [0.2, 0.25) is 0 Å². The first-order valence-corrected chi connectivity index (χ1v) is 2.32. The maximum absolute atomic E-state index is 8.89. The normalized spacial score (nSPS) is 6.78. The van der Waals surface area contributed by atoms with Crippen LogP contribution in [0.25, 0.3) is 0 Å². The summed E-state index contributed by atoms with van der Waals surface area (Å²) in [7, 11) is 0. The lowest BCUT2D eigenvalue weighted by atomic mass is 10.5. The molecule has 0 saturated carbocycles. The third-order valence-electron chi connectivity index (χ3n) is 0. The van der Waals surface area contributed by atoms with E-state index >= 15 is 0 Å². The number of rotatable bonds is 0. The van der Waals surface area contributed by atoms with Crippen molar-refractivity contribution in [1.29, 1.82) is 0 Å². The number of hydrogen-bond acceptors (Lipinski definition) is 3. The summed E-state index contributed by atoms with van der Waals surface area (Å²) in [6, 6.07) is 0. The van der Waals surface area contributed by atoms with Crippen molar-refractivity contribution in [3.8, 4) is 0 Å². The van der Waals surface area contributed by atoms with Crippen LogP contribution in [-0.4, -0.2) is 17.2 Å². The predicted molar refractivity (Wildman–Crippen MR) is 34.0 cm³/mol. The van der Waals surface area contributed by atoms with Crippen molar-refractivity contribution in [2.75, 3.05) is 0 Å². The number of hydrogen-bond donors (Lipinski definition) is 2. The fourth-order valence-corrected chi connectivity index (χ4v) is 0. The molecule has 5 N–H and O–H groups in total. The van der Waals surface area contributed by atoms with E-state index in [1.165, 1.54) is 0 Å². The van der Waals surface area contributed by atoms with Gasteiger partial charge in [-0.2, -0.15) is 0 Å². The molecule has 9 heavy (non-hydrogen) atoms. The second-order valence-corrected chi connectivity index (χ2v) is 1.59. The van der Waals surface area contributed by atoms with E-state index in [1.54, 1.807) is 13.8 Å². The topological polar surface area (TPSA) is 96.9 Å². The number of carbonyl (C=O) groups excluding carboxylic acids is 1. The maximum atomic E-state index is 8.89. The van der Waals surface area contributed by atoms with Crippen LogP contribution in [0.3, 0.4) is 0 Å². The highest BCUT2D eigenvalue weighted by Gasteiger charge is 1.69. The van der Waals surface area contributed by atoms with Crippen molar-refractivity contribution in [3.63, 3.8) is 0 Å². The average Bonchev–Trinajstić information content (AvgIpc) is 1.25. The Balaban J connectivity index is -0.0000000720. The van der Waals surface area contributed by atoms with Gasteiger partial charge in [-0.05, 0) is 20.8 Å². The maximum Gasteiger partial charge on any atom is 0.0483 e. The van der Waals surface area contributed by atoms with Crippen LogP contribution in [0.15, 0.2) is 0 Å². The molecule has 0 unspecified atom stereocenters. The van der Waals surface area contributed by atoms with Crippen molar-refractivity contribution in [2.24, 2.45) is 0 Å². The van der Waals surface area contributed by atoms with E-state index in [2.05, 4.69) is 0 Å². The highest BCUT2D eigenvalue weighted by atomic mass is 16.4. The van der Waals surface area contributed by atoms with Gasteiger partial charge in [0.25, 0.3) is 0 Å². The van der Waals surface area contributed by atoms with Gasteiger partial charge < -0.3 is 21.2 Å². The standard InChI is InChI=1S/C3H8O.C2H4O2.H3N/c1-3(2)4;1-2(3)4;/h3-4H,1-2H3;1H3,(H,3,4);1H3. The molecule has 0 fully saturated rings. The Hall–Kier alpha value is -0.610. The fraction of sp³-hybridized carbons (Fsp3) is 0.800. The molecule has 4 heteroatoms. The first-order chi connectivity index (χ1) is 3.46. The van der Waals surface area contributed by atoms with Crippen LogP contribution in [0.5, 0.6) is 0 Å². The molecule has 0 aromatic carbocycles. The first-order valence-electron chi connectivity index (χ1n) is 2.32. The minimum Gasteiger partial charge on any atom is -0.550 e. The van der Waals surface area contributed by atoms with E-state index in [4.69, 9.17) is 15.0 Å². The number of aliphatic hydroxyl groups excluding tert-OH is 1. The molecule has 0 heterocycles. The van der Waals surface area contributed by atoms with Crippen molar-refractivity contribution < 1.29 is 15.0 Å². The van der Waals surface area contributed by atoms with Crippen LogP contribution < -0.4 is 11.3 Å². The molecule has 0 radical (unpaired) electrons. The fourth-order valence-electron chi connectivity index (χ4n) is 0. The lowest BCUT2D eigenvalue weighted by Crippen LogP contribution is -2.16. The highest BCUT2D eigenvalue weighted by molar-refractivity contribution is 5.60. The average molecular weight is 137 g/mol. The van der Waals surface area contributed by atoms with Crippen molar-refractivity contribution in [3.05, 3.63) is 0 Å². The molecule has 58 valence electrons. The third-order valence-corrected chi connectivity index (χ3v) is 0. The molecular formula is C5H15NO3. The summed E-state index contributed by atoms with van der Waals surface area (Å²) in [5, 5.41) is 16.9. The second kappa shape index (κ2) is 10.4. The number of quaternary nitrogens is 1. The van der Waals surface area contributed by atoms with Gasteiger partial charge in [-0.3, -0.25) is 0 Å². The number of carboxylic acid groups (broad SMARTS) is 1. The molecule has 4 nitrogen and oxygen atoms in total. The lowest BCUT2D eigenvalue weighted by Gasteiger charge is -1.80. The molecule has 0 aromatic rings. The van der Waals surface area contributed by atoms with Gasteiger partial charge in [0.1, 0.15) is 0 Å². The summed E-state index contributed by atoms with van der Waals surface area (Å²) >= 11 is 0. The zero-order valence-corrected chi connectivity index (χ0v) is 6.34. The molecule has 0 aliphatic carbocycles. The smallest absolute Gasteiger partial charge is 0.0483 e. The highest BCUT2D eigenvalue weighted by Crippen LogP contribution is 1.65. The molecule has 0 amide bonds. The van der Waals surface area contributed by atoms with Crippen molar-refractivity contribution in [2.45, 2.75) is 26.9 Å². The molecule has 0 spiro atoms. The van der Waals surface area contributed by atoms with E-state index in [-0.39, 0.29) is 12.3 Å². The Morgan fingerprint density at radius 2 is 1.56 bits per heavy atom.